The highest BCUT2D eigenvalue weighted by atomic mass is 35.5. The predicted octanol–water partition coefficient (Wildman–Crippen LogP) is 3.56. The third kappa shape index (κ3) is 5.47. The first-order valence-electron chi connectivity index (χ1n) is 10.3. The molecule has 1 saturated heterocycles. The molecule has 9 nitrogen and oxygen atoms in total. The maximum Gasteiger partial charge on any atom is 0.276 e. The van der Waals surface area contributed by atoms with Gasteiger partial charge >= 0.3 is 0 Å². The van der Waals surface area contributed by atoms with E-state index in [-0.39, 0.29) is 17.5 Å². The molecule has 1 aliphatic rings. The van der Waals surface area contributed by atoms with E-state index in [9.17, 15) is 9.18 Å². The third-order valence-corrected chi connectivity index (χ3v) is 5.28. The Morgan fingerprint density at radius 3 is 2.55 bits per heavy atom. The topological polar surface area (TPSA) is 95.5 Å². The number of hydrogen-bond donors (Lipinski definition) is 2. The van der Waals surface area contributed by atoms with Gasteiger partial charge in [-0.3, -0.25) is 10.1 Å². The maximum absolute atomic E-state index is 14.2. The second-order valence-electron chi connectivity index (χ2n) is 7.54. The molecule has 33 heavy (non-hydrogen) atoms. The highest BCUT2D eigenvalue weighted by Crippen LogP contribution is 2.29. The molecule has 0 unspecified atom stereocenters. The Morgan fingerprint density at radius 2 is 1.88 bits per heavy atom. The molecular formula is C22H23ClFN7O2. The van der Waals surface area contributed by atoms with Gasteiger partial charge in [0.15, 0.2) is 11.6 Å². The molecule has 1 amide bonds. The van der Waals surface area contributed by atoms with Crippen molar-refractivity contribution < 1.29 is 13.9 Å². The van der Waals surface area contributed by atoms with Gasteiger partial charge in [-0.05, 0) is 30.3 Å². The lowest BCUT2D eigenvalue weighted by atomic mass is 10.2. The fraction of sp³-hybridized carbons (Fsp3) is 0.273. The Morgan fingerprint density at radius 1 is 1.12 bits per heavy atom. The number of amides is 1. The van der Waals surface area contributed by atoms with E-state index in [1.807, 2.05) is 37.2 Å². The summed E-state index contributed by atoms with van der Waals surface area (Å²) in [5.74, 6) is -0.917. The van der Waals surface area contributed by atoms with E-state index >= 15 is 0 Å². The fourth-order valence-electron chi connectivity index (χ4n) is 3.30. The van der Waals surface area contributed by atoms with Crippen LogP contribution >= 0.6 is 11.6 Å². The Hall–Kier alpha value is -3.50. The van der Waals surface area contributed by atoms with Gasteiger partial charge in [-0.25, -0.2) is 14.4 Å². The van der Waals surface area contributed by atoms with Crippen LogP contribution in [0.1, 0.15) is 10.5 Å². The Balaban J connectivity index is 1.42. The first-order valence-corrected chi connectivity index (χ1v) is 10.6. The van der Waals surface area contributed by atoms with Crippen LogP contribution in [0, 0.1) is 5.82 Å². The van der Waals surface area contributed by atoms with Gasteiger partial charge in [0, 0.05) is 32.9 Å². The number of morpholine rings is 1. The van der Waals surface area contributed by atoms with Gasteiger partial charge in [-0.2, -0.15) is 4.98 Å². The number of nitrogens with one attached hydrogen (secondary N) is 2. The summed E-state index contributed by atoms with van der Waals surface area (Å²) in [7, 11) is 3.84. The van der Waals surface area contributed by atoms with E-state index in [1.54, 1.807) is 17.0 Å². The van der Waals surface area contributed by atoms with Gasteiger partial charge in [0.1, 0.15) is 5.69 Å². The Bertz CT molecular complexity index is 1140. The molecule has 1 aliphatic heterocycles. The monoisotopic (exact) mass is 471 g/mol. The van der Waals surface area contributed by atoms with E-state index in [1.165, 1.54) is 6.20 Å². The van der Waals surface area contributed by atoms with Crippen molar-refractivity contribution in [2.75, 3.05) is 60.8 Å². The summed E-state index contributed by atoms with van der Waals surface area (Å²) in [6.45, 7) is 2.00. The minimum Gasteiger partial charge on any atom is -0.378 e. The lowest BCUT2D eigenvalue weighted by Gasteiger charge is -2.28. The summed E-state index contributed by atoms with van der Waals surface area (Å²) >= 11 is 6.31. The summed E-state index contributed by atoms with van der Waals surface area (Å²) in [6.07, 6.45) is 2.58. The number of carbonyl (C=O) groups is 1. The number of ether oxygens (including phenoxy) is 1. The fourth-order valence-corrected chi connectivity index (χ4v) is 3.65. The molecule has 1 fully saturated rings. The van der Waals surface area contributed by atoms with Crippen LogP contribution in [0.3, 0.4) is 0 Å². The van der Waals surface area contributed by atoms with E-state index in [2.05, 4.69) is 25.6 Å². The zero-order valence-corrected chi connectivity index (χ0v) is 18.9. The van der Waals surface area contributed by atoms with E-state index in [0.29, 0.717) is 37.0 Å². The van der Waals surface area contributed by atoms with E-state index in [4.69, 9.17) is 16.3 Å². The molecule has 0 saturated carbocycles. The molecule has 0 radical (unpaired) electrons. The van der Waals surface area contributed by atoms with Crippen molar-refractivity contribution in [3.05, 3.63) is 59.3 Å². The van der Waals surface area contributed by atoms with Gasteiger partial charge in [0.05, 0.1) is 42.0 Å². The van der Waals surface area contributed by atoms with Crippen LogP contribution in [0.2, 0.25) is 5.02 Å². The lowest BCUT2D eigenvalue weighted by molar-refractivity contribution is 0.102. The standard InChI is InChI=1S/C22H23ClFN7O2/c1-30(2)19-6-4-14(11-16(19)23)27-15-3-5-18(25-12-15)21(32)29-22-26-13-17(24)20(28-22)31-7-9-33-10-8-31/h3-6,11-13,27H,7-10H2,1-2H3,(H,26,28,29,32). The molecule has 2 aromatic heterocycles. The number of benzene rings is 1. The third-order valence-electron chi connectivity index (χ3n) is 4.98. The second-order valence-corrected chi connectivity index (χ2v) is 7.94. The first-order chi connectivity index (χ1) is 15.9. The maximum atomic E-state index is 14.2. The van der Waals surface area contributed by atoms with Crippen LogP contribution in [-0.4, -0.2) is 61.3 Å². The Labute approximate surface area is 195 Å². The number of rotatable bonds is 6. The SMILES string of the molecule is CN(C)c1ccc(Nc2ccc(C(=O)Nc3ncc(F)c(N4CCOCC4)n3)nc2)cc1Cl. The van der Waals surface area contributed by atoms with Crippen LogP contribution in [-0.2, 0) is 4.74 Å². The molecule has 0 atom stereocenters. The number of anilines is 5. The van der Waals surface area contributed by atoms with Crippen molar-refractivity contribution in [2.45, 2.75) is 0 Å². The average molecular weight is 472 g/mol. The average Bonchev–Trinajstić information content (AvgIpc) is 2.81. The van der Waals surface area contributed by atoms with Crippen LogP contribution in [0.5, 0.6) is 0 Å². The number of nitrogens with zero attached hydrogens (tertiary/aromatic N) is 5. The van der Waals surface area contributed by atoms with Crippen molar-refractivity contribution in [2.24, 2.45) is 0 Å². The molecule has 3 heterocycles. The van der Waals surface area contributed by atoms with E-state index in [0.717, 1.165) is 17.6 Å². The van der Waals surface area contributed by atoms with E-state index < -0.39 is 11.7 Å². The molecule has 11 heteroatoms. The van der Waals surface area contributed by atoms with Crippen LogP contribution in [0.25, 0.3) is 0 Å². The van der Waals surface area contributed by atoms with Gasteiger partial charge in [0.25, 0.3) is 5.91 Å². The minimum atomic E-state index is -0.554. The molecule has 0 spiro atoms. The predicted molar refractivity (Wildman–Crippen MR) is 126 cm³/mol. The Kier molecular flexibility index (Phi) is 6.85. The summed E-state index contributed by atoms with van der Waals surface area (Å²) in [4.78, 5) is 28.5. The highest BCUT2D eigenvalue weighted by Gasteiger charge is 2.19. The summed E-state index contributed by atoms with van der Waals surface area (Å²) in [6, 6.07) is 8.92. The number of halogens is 2. The van der Waals surface area contributed by atoms with Gasteiger partial charge in [0.2, 0.25) is 5.95 Å². The normalized spacial score (nSPS) is 13.5. The molecule has 2 N–H and O–H groups in total. The highest BCUT2D eigenvalue weighted by molar-refractivity contribution is 6.33. The second kappa shape index (κ2) is 9.97. The number of carbonyl (C=O) groups excluding carboxylic acids is 1. The molecular weight excluding hydrogens is 449 g/mol. The summed E-state index contributed by atoms with van der Waals surface area (Å²) < 4.78 is 19.5. The number of aromatic nitrogens is 3. The van der Waals surface area contributed by atoms with Gasteiger partial charge < -0.3 is 19.9 Å². The summed E-state index contributed by atoms with van der Waals surface area (Å²) in [5.41, 5.74) is 2.56. The molecule has 0 bridgehead atoms. The summed E-state index contributed by atoms with van der Waals surface area (Å²) in [5, 5.41) is 6.38. The molecule has 172 valence electrons. The van der Waals surface area contributed by atoms with Gasteiger partial charge in [-0.15, -0.1) is 0 Å². The zero-order chi connectivity index (χ0) is 23.4. The number of pyridine rings is 1. The minimum absolute atomic E-state index is 0.00233. The van der Waals surface area contributed by atoms with Crippen LogP contribution in [0.15, 0.2) is 42.7 Å². The smallest absolute Gasteiger partial charge is 0.276 e. The molecule has 3 aromatic rings. The first kappa shape index (κ1) is 22.7. The van der Waals surface area contributed by atoms with Crippen molar-refractivity contribution >= 4 is 46.3 Å². The van der Waals surface area contributed by atoms with Crippen LogP contribution < -0.4 is 20.4 Å². The number of hydrogen-bond acceptors (Lipinski definition) is 8. The van der Waals surface area contributed by atoms with Crippen molar-refractivity contribution in [1.29, 1.82) is 0 Å². The van der Waals surface area contributed by atoms with Crippen molar-refractivity contribution in [3.8, 4) is 0 Å². The van der Waals surface area contributed by atoms with Crippen molar-refractivity contribution in [3.63, 3.8) is 0 Å². The quantitative estimate of drug-likeness (QED) is 0.563. The largest absolute Gasteiger partial charge is 0.378 e. The molecule has 1 aromatic carbocycles. The van der Waals surface area contributed by atoms with Crippen LogP contribution in [0.4, 0.5) is 33.2 Å². The van der Waals surface area contributed by atoms with Gasteiger partial charge in [-0.1, -0.05) is 11.6 Å². The molecule has 0 aliphatic carbocycles. The van der Waals surface area contributed by atoms with Crippen molar-refractivity contribution in [1.82, 2.24) is 15.0 Å². The zero-order valence-electron chi connectivity index (χ0n) is 18.2. The molecule has 4 rings (SSSR count). The lowest BCUT2D eigenvalue weighted by Crippen LogP contribution is -2.37.